The first-order chi connectivity index (χ1) is 14.2. The number of hydrogen-bond donors (Lipinski definition) is 0. The number of carbonyl (C=O) groups is 2. The van der Waals surface area contributed by atoms with Crippen molar-refractivity contribution in [3.8, 4) is 5.75 Å². The quantitative estimate of drug-likeness (QED) is 0.662. The molecular weight excluding hydrogens is 423 g/mol. The van der Waals surface area contributed by atoms with E-state index in [0.29, 0.717) is 37.5 Å². The summed E-state index contributed by atoms with van der Waals surface area (Å²) in [6.45, 7) is 2.63. The number of halogens is 4. The number of hydrogen-bond acceptors (Lipinski definition) is 5. The fourth-order valence-electron chi connectivity index (χ4n) is 3.10. The average Bonchev–Trinajstić information content (AvgIpc) is 2.71. The molecule has 1 aromatic heterocycles. The Balaban J connectivity index is 1.57. The van der Waals surface area contributed by atoms with Gasteiger partial charge in [0, 0.05) is 32.4 Å². The zero-order valence-electron chi connectivity index (χ0n) is 16.1. The predicted molar refractivity (Wildman–Crippen MR) is 105 cm³/mol. The van der Waals surface area contributed by atoms with Gasteiger partial charge >= 0.3 is 6.18 Å². The second-order valence-corrected chi connectivity index (χ2v) is 7.14. The number of carbonyl (C=O) groups excluding carboxylic acids is 2. The number of ether oxygens (including phenoxy) is 1. The van der Waals surface area contributed by atoms with E-state index < -0.39 is 11.7 Å². The lowest BCUT2D eigenvalue weighted by Gasteiger charge is -2.35. The molecule has 0 N–H and O–H groups in total. The van der Waals surface area contributed by atoms with E-state index in [1.165, 1.54) is 6.92 Å². The summed E-state index contributed by atoms with van der Waals surface area (Å²) in [6.07, 6.45) is -3.76. The van der Waals surface area contributed by atoms with Crippen LogP contribution in [0.5, 0.6) is 5.75 Å². The van der Waals surface area contributed by atoms with Crippen LogP contribution >= 0.6 is 11.6 Å². The van der Waals surface area contributed by atoms with Gasteiger partial charge in [0.25, 0.3) is 5.91 Å². The fraction of sp³-hybridized carbons (Fsp3) is 0.350. The Kier molecular flexibility index (Phi) is 6.50. The van der Waals surface area contributed by atoms with Crippen LogP contribution in [0.4, 0.5) is 19.0 Å². The van der Waals surface area contributed by atoms with Gasteiger partial charge in [-0.1, -0.05) is 23.7 Å². The molecule has 1 aromatic carbocycles. The third-order valence-electron chi connectivity index (χ3n) is 4.70. The van der Waals surface area contributed by atoms with Crippen LogP contribution in [0.1, 0.15) is 22.8 Å². The van der Waals surface area contributed by atoms with Gasteiger partial charge in [-0.05, 0) is 25.1 Å². The van der Waals surface area contributed by atoms with Crippen LogP contribution in [0.2, 0.25) is 5.02 Å². The molecule has 2 aromatic rings. The SMILES string of the molecule is CC(=O)c1ccccc1OCC(=O)N1CCN(c2ncc(C(F)(F)F)cc2Cl)CC1. The normalized spacial score (nSPS) is 14.6. The predicted octanol–water partition coefficient (Wildman–Crippen LogP) is 3.68. The van der Waals surface area contributed by atoms with E-state index in [-0.39, 0.29) is 29.1 Å². The summed E-state index contributed by atoms with van der Waals surface area (Å²) in [6, 6.07) is 7.53. The van der Waals surface area contributed by atoms with E-state index in [4.69, 9.17) is 16.3 Å². The number of anilines is 1. The van der Waals surface area contributed by atoms with Crippen LogP contribution in [-0.2, 0) is 11.0 Å². The van der Waals surface area contributed by atoms with Gasteiger partial charge in [-0.3, -0.25) is 9.59 Å². The van der Waals surface area contributed by atoms with Crippen molar-refractivity contribution in [2.45, 2.75) is 13.1 Å². The highest BCUT2D eigenvalue weighted by Gasteiger charge is 2.32. The molecule has 0 atom stereocenters. The minimum Gasteiger partial charge on any atom is -0.483 e. The average molecular weight is 442 g/mol. The summed E-state index contributed by atoms with van der Waals surface area (Å²) in [7, 11) is 0. The van der Waals surface area contributed by atoms with E-state index in [1.54, 1.807) is 34.1 Å². The minimum absolute atomic E-state index is 0.0891. The first-order valence-corrected chi connectivity index (χ1v) is 9.53. The molecule has 30 heavy (non-hydrogen) atoms. The first kappa shape index (κ1) is 21.9. The smallest absolute Gasteiger partial charge is 0.417 e. The van der Waals surface area contributed by atoms with Crippen LogP contribution < -0.4 is 9.64 Å². The number of alkyl halides is 3. The maximum absolute atomic E-state index is 12.8. The fourth-order valence-corrected chi connectivity index (χ4v) is 3.39. The molecule has 0 radical (unpaired) electrons. The molecule has 1 saturated heterocycles. The second-order valence-electron chi connectivity index (χ2n) is 6.74. The van der Waals surface area contributed by atoms with Crippen molar-refractivity contribution in [2.75, 3.05) is 37.7 Å². The van der Waals surface area contributed by atoms with Gasteiger partial charge in [0.15, 0.2) is 12.4 Å². The number of aromatic nitrogens is 1. The molecule has 2 heterocycles. The maximum Gasteiger partial charge on any atom is 0.417 e. The van der Waals surface area contributed by atoms with Crippen LogP contribution in [0, 0.1) is 0 Å². The molecule has 3 rings (SSSR count). The molecule has 0 spiro atoms. The lowest BCUT2D eigenvalue weighted by atomic mass is 10.1. The number of benzene rings is 1. The number of ketones is 1. The van der Waals surface area contributed by atoms with Gasteiger partial charge in [-0.15, -0.1) is 0 Å². The molecule has 6 nitrogen and oxygen atoms in total. The van der Waals surface area contributed by atoms with Crippen LogP contribution in [-0.4, -0.2) is 54.4 Å². The third kappa shape index (κ3) is 5.02. The molecule has 10 heteroatoms. The van der Waals surface area contributed by atoms with Crippen molar-refractivity contribution in [2.24, 2.45) is 0 Å². The summed E-state index contributed by atoms with van der Waals surface area (Å²) in [5.41, 5.74) is -0.508. The standard InChI is InChI=1S/C20H19ClF3N3O3/c1-13(28)15-4-2-3-5-17(15)30-12-18(29)26-6-8-27(9-7-26)19-16(21)10-14(11-25-19)20(22,23)24/h2-5,10-11H,6-9,12H2,1H3. The van der Waals surface area contributed by atoms with Crippen molar-refractivity contribution in [3.63, 3.8) is 0 Å². The van der Waals surface area contributed by atoms with Gasteiger partial charge in [0.1, 0.15) is 11.6 Å². The zero-order chi connectivity index (χ0) is 21.9. The summed E-state index contributed by atoms with van der Waals surface area (Å²) in [5, 5.41) is -0.0891. The molecular formula is C20H19ClF3N3O3. The third-order valence-corrected chi connectivity index (χ3v) is 4.98. The van der Waals surface area contributed by atoms with Crippen molar-refractivity contribution in [3.05, 3.63) is 52.7 Å². The zero-order valence-corrected chi connectivity index (χ0v) is 16.8. The molecule has 1 amide bonds. The maximum atomic E-state index is 12.8. The number of para-hydroxylation sites is 1. The van der Waals surface area contributed by atoms with E-state index in [0.717, 1.165) is 12.3 Å². The first-order valence-electron chi connectivity index (χ1n) is 9.15. The van der Waals surface area contributed by atoms with Crippen molar-refractivity contribution in [1.29, 1.82) is 0 Å². The van der Waals surface area contributed by atoms with E-state index >= 15 is 0 Å². The van der Waals surface area contributed by atoms with Crippen molar-refractivity contribution >= 4 is 29.1 Å². The summed E-state index contributed by atoms with van der Waals surface area (Å²) < 4.78 is 43.8. The van der Waals surface area contributed by atoms with Gasteiger partial charge in [0.05, 0.1) is 16.1 Å². The van der Waals surface area contributed by atoms with Gasteiger partial charge in [-0.25, -0.2) is 4.98 Å². The lowest BCUT2D eigenvalue weighted by Crippen LogP contribution is -2.50. The Hall–Kier alpha value is -2.81. The second kappa shape index (κ2) is 8.91. The van der Waals surface area contributed by atoms with Gasteiger partial charge in [-0.2, -0.15) is 13.2 Å². The lowest BCUT2D eigenvalue weighted by molar-refractivity contribution is -0.138. The monoisotopic (exact) mass is 441 g/mol. The number of pyridine rings is 1. The van der Waals surface area contributed by atoms with Crippen LogP contribution in [0.3, 0.4) is 0 Å². The molecule has 1 fully saturated rings. The van der Waals surface area contributed by atoms with E-state index in [9.17, 15) is 22.8 Å². The number of nitrogens with zero attached hydrogens (tertiary/aromatic N) is 3. The molecule has 1 aliphatic rings. The topological polar surface area (TPSA) is 62.7 Å². The summed E-state index contributed by atoms with van der Waals surface area (Å²) in [5.74, 6) is 0.188. The Bertz CT molecular complexity index is 944. The molecule has 0 aliphatic carbocycles. The Labute approximate surface area is 176 Å². The molecule has 0 saturated carbocycles. The van der Waals surface area contributed by atoms with E-state index in [2.05, 4.69) is 4.98 Å². The van der Waals surface area contributed by atoms with Gasteiger partial charge in [0.2, 0.25) is 0 Å². The summed E-state index contributed by atoms with van der Waals surface area (Å²) in [4.78, 5) is 31.3. The largest absolute Gasteiger partial charge is 0.483 e. The highest BCUT2D eigenvalue weighted by Crippen LogP contribution is 2.33. The van der Waals surface area contributed by atoms with Crippen molar-refractivity contribution in [1.82, 2.24) is 9.88 Å². The molecule has 0 bridgehead atoms. The Morgan fingerprint density at radius 2 is 1.83 bits per heavy atom. The van der Waals surface area contributed by atoms with Crippen LogP contribution in [0.25, 0.3) is 0 Å². The van der Waals surface area contributed by atoms with Gasteiger partial charge < -0.3 is 14.5 Å². The number of rotatable bonds is 5. The molecule has 160 valence electrons. The number of piperazine rings is 1. The van der Waals surface area contributed by atoms with Crippen LogP contribution in [0.15, 0.2) is 36.5 Å². The van der Waals surface area contributed by atoms with E-state index in [1.807, 2.05) is 0 Å². The number of amides is 1. The highest BCUT2D eigenvalue weighted by atomic mass is 35.5. The summed E-state index contributed by atoms with van der Waals surface area (Å²) >= 11 is 5.99. The minimum atomic E-state index is -4.51. The Morgan fingerprint density at radius 1 is 1.17 bits per heavy atom. The Morgan fingerprint density at radius 3 is 2.43 bits per heavy atom. The molecule has 1 aliphatic heterocycles. The highest BCUT2D eigenvalue weighted by molar-refractivity contribution is 6.33. The molecule has 0 unspecified atom stereocenters. The van der Waals surface area contributed by atoms with Crippen molar-refractivity contribution < 1.29 is 27.5 Å². The number of Topliss-reactive ketones (excluding diaryl/α,β-unsaturated/α-hetero) is 1.